The van der Waals surface area contributed by atoms with Crippen molar-refractivity contribution >= 4 is 23.2 Å². The number of rotatable bonds is 4. The van der Waals surface area contributed by atoms with Gasteiger partial charge in [0.25, 0.3) is 0 Å². The average molecular weight is 406 g/mol. The Labute approximate surface area is 148 Å². The van der Waals surface area contributed by atoms with E-state index in [0.29, 0.717) is 24.4 Å². The van der Waals surface area contributed by atoms with E-state index in [9.17, 15) is 31.1 Å². The Morgan fingerprint density at radius 1 is 1.27 bits per heavy atom. The normalized spacial score (nSPS) is 17.9. The van der Waals surface area contributed by atoms with E-state index in [1.165, 1.54) is 6.07 Å². The average Bonchev–Trinajstić information content (AvgIpc) is 2.96. The van der Waals surface area contributed by atoms with Crippen molar-refractivity contribution in [2.75, 3.05) is 6.54 Å². The molecule has 2 rings (SSSR count). The quantitative estimate of drug-likeness (QED) is 0.672. The van der Waals surface area contributed by atoms with Crippen molar-refractivity contribution < 1.29 is 41.0 Å². The largest absolute Gasteiger partial charge is 0.490 e. The van der Waals surface area contributed by atoms with Gasteiger partial charge in [0.15, 0.2) is 0 Å². The summed E-state index contributed by atoms with van der Waals surface area (Å²) in [6, 6.07) is 2.67. The third-order valence-corrected chi connectivity index (χ3v) is 4.33. The van der Waals surface area contributed by atoms with Gasteiger partial charge in [-0.25, -0.2) is 4.79 Å². The van der Waals surface area contributed by atoms with Crippen LogP contribution in [0.15, 0.2) is 12.1 Å². The van der Waals surface area contributed by atoms with Crippen LogP contribution >= 0.6 is 11.3 Å². The molecule has 3 N–H and O–H groups in total. The minimum absolute atomic E-state index is 0.0496. The van der Waals surface area contributed by atoms with Crippen molar-refractivity contribution in [1.82, 2.24) is 10.6 Å². The molecule has 0 radical (unpaired) electrons. The second-order valence-electron chi connectivity index (χ2n) is 5.35. The molecule has 0 bridgehead atoms. The molecule has 0 aromatic carbocycles. The number of halogens is 6. The van der Waals surface area contributed by atoms with Crippen LogP contribution < -0.4 is 10.6 Å². The second-order valence-corrected chi connectivity index (χ2v) is 6.52. The SMILES string of the molecule is O=C(O)C(F)(F)F.O=C1CCC[C@H](CNCc2ccc(C(F)(F)F)s2)N1. The monoisotopic (exact) mass is 406 g/mol. The fraction of sp³-hybridized carbons (Fsp3) is 0.571. The number of carbonyl (C=O) groups is 2. The van der Waals surface area contributed by atoms with Crippen LogP contribution in [0.2, 0.25) is 0 Å². The topological polar surface area (TPSA) is 78.4 Å². The standard InChI is InChI=1S/C12H15F3N2OS.C2HF3O2/c13-12(14,15)10-5-4-9(19-10)7-16-6-8-2-1-3-11(18)17-8;3-2(4,5)1(6)7/h4-5,8,16H,1-3,6-7H2,(H,17,18);(H,6,7)/t8-;/m1./s1. The van der Waals surface area contributed by atoms with Crippen LogP contribution in [0, 0.1) is 0 Å². The molecule has 1 fully saturated rings. The predicted molar refractivity (Wildman–Crippen MR) is 80.5 cm³/mol. The zero-order valence-electron chi connectivity index (χ0n) is 13.2. The van der Waals surface area contributed by atoms with E-state index in [0.717, 1.165) is 30.2 Å². The molecule has 5 nitrogen and oxygen atoms in total. The van der Waals surface area contributed by atoms with Gasteiger partial charge in [-0.3, -0.25) is 4.79 Å². The Kier molecular flexibility index (Phi) is 7.87. The Morgan fingerprint density at radius 3 is 2.35 bits per heavy atom. The first-order valence-corrected chi connectivity index (χ1v) is 8.17. The van der Waals surface area contributed by atoms with Crippen LogP contribution in [0.25, 0.3) is 0 Å². The van der Waals surface area contributed by atoms with Gasteiger partial charge in [0.05, 0.1) is 0 Å². The van der Waals surface area contributed by atoms with Crippen LogP contribution in [-0.2, 0) is 22.3 Å². The van der Waals surface area contributed by atoms with E-state index in [2.05, 4.69) is 10.6 Å². The van der Waals surface area contributed by atoms with Crippen LogP contribution in [0.5, 0.6) is 0 Å². The Morgan fingerprint density at radius 2 is 1.88 bits per heavy atom. The van der Waals surface area contributed by atoms with Crippen LogP contribution in [-0.4, -0.2) is 35.7 Å². The zero-order chi connectivity index (χ0) is 20.0. The highest BCUT2D eigenvalue weighted by atomic mass is 32.1. The third kappa shape index (κ3) is 8.04. The van der Waals surface area contributed by atoms with E-state index in [4.69, 9.17) is 9.90 Å². The van der Waals surface area contributed by atoms with Crippen LogP contribution in [0.1, 0.15) is 29.0 Å². The maximum atomic E-state index is 12.4. The molecule has 1 aromatic heterocycles. The number of alkyl halides is 6. The summed E-state index contributed by atoms with van der Waals surface area (Å²) >= 11 is 0.752. The van der Waals surface area contributed by atoms with Gasteiger partial charge in [-0.15, -0.1) is 11.3 Å². The molecule has 148 valence electrons. The van der Waals surface area contributed by atoms with Crippen molar-refractivity contribution in [3.63, 3.8) is 0 Å². The summed E-state index contributed by atoms with van der Waals surface area (Å²) in [5.41, 5.74) is 0. The first kappa shape index (κ1) is 22.2. The highest BCUT2D eigenvalue weighted by Crippen LogP contribution is 2.34. The zero-order valence-corrected chi connectivity index (χ0v) is 14.0. The number of carbonyl (C=O) groups excluding carboxylic acids is 1. The lowest BCUT2D eigenvalue weighted by Gasteiger charge is -2.23. The molecular weight excluding hydrogens is 390 g/mol. The van der Waals surface area contributed by atoms with Crippen molar-refractivity contribution in [1.29, 1.82) is 0 Å². The van der Waals surface area contributed by atoms with Gasteiger partial charge in [0.2, 0.25) is 5.91 Å². The third-order valence-electron chi connectivity index (χ3n) is 3.20. The number of amides is 1. The summed E-state index contributed by atoms with van der Waals surface area (Å²) in [6.45, 7) is 0.984. The molecule has 0 unspecified atom stereocenters. The lowest BCUT2D eigenvalue weighted by molar-refractivity contribution is -0.192. The molecule has 26 heavy (non-hydrogen) atoms. The van der Waals surface area contributed by atoms with E-state index >= 15 is 0 Å². The van der Waals surface area contributed by atoms with Crippen molar-refractivity contribution in [2.24, 2.45) is 0 Å². The maximum Gasteiger partial charge on any atom is 0.490 e. The number of nitrogens with one attached hydrogen (secondary N) is 2. The van der Waals surface area contributed by atoms with E-state index in [-0.39, 0.29) is 11.9 Å². The molecule has 1 saturated heterocycles. The van der Waals surface area contributed by atoms with Crippen molar-refractivity contribution in [3.8, 4) is 0 Å². The van der Waals surface area contributed by atoms with Gasteiger partial charge < -0.3 is 15.7 Å². The van der Waals surface area contributed by atoms with Crippen LogP contribution in [0.4, 0.5) is 26.3 Å². The molecule has 12 heteroatoms. The van der Waals surface area contributed by atoms with Crippen LogP contribution in [0.3, 0.4) is 0 Å². The summed E-state index contributed by atoms with van der Waals surface area (Å²) in [5.74, 6) is -2.71. The number of hydrogen-bond acceptors (Lipinski definition) is 4. The molecule has 2 heterocycles. The van der Waals surface area contributed by atoms with Crippen molar-refractivity contribution in [3.05, 3.63) is 21.9 Å². The van der Waals surface area contributed by atoms with Gasteiger partial charge in [-0.2, -0.15) is 26.3 Å². The molecule has 1 aliphatic heterocycles. The van der Waals surface area contributed by atoms with E-state index < -0.39 is 23.2 Å². The smallest absolute Gasteiger partial charge is 0.475 e. The van der Waals surface area contributed by atoms with Gasteiger partial charge in [-0.05, 0) is 25.0 Å². The highest BCUT2D eigenvalue weighted by molar-refractivity contribution is 7.12. The molecule has 1 atom stereocenters. The van der Waals surface area contributed by atoms with E-state index in [1.54, 1.807) is 0 Å². The number of aliphatic carboxylic acids is 1. The lowest BCUT2D eigenvalue weighted by Crippen LogP contribution is -2.44. The minimum Gasteiger partial charge on any atom is -0.475 e. The molecule has 0 spiro atoms. The summed E-state index contributed by atoms with van der Waals surface area (Å²) in [4.78, 5) is 20.1. The first-order valence-electron chi connectivity index (χ1n) is 7.35. The predicted octanol–water partition coefficient (Wildman–Crippen LogP) is 3.16. The molecule has 1 aromatic rings. The Balaban J connectivity index is 0.000000412. The first-order chi connectivity index (χ1) is 11.9. The number of thiophene rings is 1. The van der Waals surface area contributed by atoms with Gasteiger partial charge >= 0.3 is 18.3 Å². The van der Waals surface area contributed by atoms with Crippen molar-refractivity contribution in [2.45, 2.75) is 44.2 Å². The second kappa shape index (κ2) is 9.21. The molecular formula is C14H16F6N2O3S. The Hall–Kier alpha value is -1.82. The van der Waals surface area contributed by atoms with Gasteiger partial charge in [0.1, 0.15) is 4.88 Å². The minimum atomic E-state index is -5.08. The molecule has 0 aliphatic carbocycles. The number of hydrogen-bond donors (Lipinski definition) is 3. The number of carboxylic acids is 1. The maximum absolute atomic E-state index is 12.4. The summed E-state index contributed by atoms with van der Waals surface area (Å²) in [6.07, 6.45) is -7.00. The van der Waals surface area contributed by atoms with Gasteiger partial charge in [-0.1, -0.05) is 0 Å². The lowest BCUT2D eigenvalue weighted by atomic mass is 10.0. The fourth-order valence-electron chi connectivity index (χ4n) is 2.03. The fourth-order valence-corrected chi connectivity index (χ4v) is 2.87. The molecule has 0 saturated carbocycles. The van der Waals surface area contributed by atoms with Gasteiger partial charge in [0, 0.05) is 30.4 Å². The Bertz CT molecular complexity index is 615. The summed E-state index contributed by atoms with van der Waals surface area (Å²) < 4.78 is 68.9. The number of carboxylic acid groups (broad SMARTS) is 1. The van der Waals surface area contributed by atoms with E-state index in [1.807, 2.05) is 0 Å². The summed E-state index contributed by atoms with van der Waals surface area (Å²) in [5, 5.41) is 13.1. The highest BCUT2D eigenvalue weighted by Gasteiger charge is 2.38. The summed E-state index contributed by atoms with van der Waals surface area (Å²) in [7, 11) is 0. The molecule has 1 aliphatic rings. The molecule has 1 amide bonds. The number of piperidine rings is 1.